The van der Waals surface area contributed by atoms with Crippen molar-refractivity contribution in [3.8, 4) is 0 Å². The van der Waals surface area contributed by atoms with E-state index >= 15 is 0 Å². The molecule has 88 valence electrons. The first-order valence-corrected chi connectivity index (χ1v) is 5.41. The average Bonchev–Trinajstić information content (AvgIpc) is 2.83. The largest absolute Gasteiger partial charge is 0.389 e. The third-order valence-electron chi connectivity index (χ3n) is 2.11. The highest BCUT2D eigenvalue weighted by molar-refractivity contribution is 7.80. The van der Waals surface area contributed by atoms with Gasteiger partial charge in [0.25, 0.3) is 0 Å². The van der Waals surface area contributed by atoms with Crippen LogP contribution in [0.3, 0.4) is 0 Å². The predicted molar refractivity (Wildman–Crippen MR) is 66.6 cm³/mol. The van der Waals surface area contributed by atoms with E-state index in [-0.39, 0.29) is 0 Å². The fourth-order valence-corrected chi connectivity index (χ4v) is 1.37. The Bertz CT molecular complexity index is 482. The summed E-state index contributed by atoms with van der Waals surface area (Å²) < 4.78 is 4.63. The first-order valence-electron chi connectivity index (χ1n) is 5.00. The van der Waals surface area contributed by atoms with Crippen molar-refractivity contribution in [2.75, 3.05) is 11.9 Å². The van der Waals surface area contributed by atoms with Crippen molar-refractivity contribution in [2.24, 2.45) is 5.73 Å². The first-order chi connectivity index (χ1) is 8.25. The number of nitrogens with two attached hydrogens (primary N) is 1. The lowest BCUT2D eigenvalue weighted by Crippen LogP contribution is -2.11. The second-order valence-electron chi connectivity index (χ2n) is 3.32. The molecule has 0 fully saturated rings. The first kappa shape index (κ1) is 11.5. The van der Waals surface area contributed by atoms with Gasteiger partial charge in [-0.2, -0.15) is 4.98 Å². The second-order valence-corrected chi connectivity index (χ2v) is 3.76. The SMILES string of the molecule is NC(=S)c1ccc(NCCc2ncon2)nc1. The maximum atomic E-state index is 5.47. The van der Waals surface area contributed by atoms with E-state index < -0.39 is 0 Å². The molecular formula is C10H11N5OS. The van der Waals surface area contributed by atoms with Crippen molar-refractivity contribution < 1.29 is 4.52 Å². The van der Waals surface area contributed by atoms with Crippen molar-refractivity contribution in [1.29, 1.82) is 0 Å². The molecule has 0 aliphatic rings. The zero-order chi connectivity index (χ0) is 12.1. The summed E-state index contributed by atoms with van der Waals surface area (Å²) in [5.74, 6) is 1.42. The van der Waals surface area contributed by atoms with Gasteiger partial charge in [-0.25, -0.2) is 4.98 Å². The summed E-state index contributed by atoms with van der Waals surface area (Å²) in [7, 11) is 0. The fraction of sp³-hybridized carbons (Fsp3) is 0.200. The van der Waals surface area contributed by atoms with Gasteiger partial charge in [-0.1, -0.05) is 17.4 Å². The molecule has 0 amide bonds. The van der Waals surface area contributed by atoms with Crippen molar-refractivity contribution >= 4 is 23.0 Å². The average molecular weight is 249 g/mol. The zero-order valence-corrected chi connectivity index (χ0v) is 9.78. The van der Waals surface area contributed by atoms with Crippen molar-refractivity contribution in [1.82, 2.24) is 15.1 Å². The predicted octanol–water partition coefficient (Wildman–Crippen LogP) is 0.753. The number of anilines is 1. The topological polar surface area (TPSA) is 89.9 Å². The summed E-state index contributed by atoms with van der Waals surface area (Å²) in [6.45, 7) is 0.680. The van der Waals surface area contributed by atoms with E-state index in [0.717, 1.165) is 11.4 Å². The molecule has 0 aliphatic carbocycles. The number of hydrogen-bond acceptors (Lipinski definition) is 6. The quantitative estimate of drug-likeness (QED) is 0.756. The van der Waals surface area contributed by atoms with Gasteiger partial charge in [0.05, 0.1) is 0 Å². The van der Waals surface area contributed by atoms with Crippen LogP contribution in [0.25, 0.3) is 0 Å². The summed E-state index contributed by atoms with van der Waals surface area (Å²) in [4.78, 5) is 8.43. The monoisotopic (exact) mass is 249 g/mol. The van der Waals surface area contributed by atoms with Crippen LogP contribution in [-0.4, -0.2) is 26.7 Å². The number of aromatic nitrogens is 3. The number of nitrogens with one attached hydrogen (secondary N) is 1. The minimum atomic E-state index is 0.343. The van der Waals surface area contributed by atoms with Gasteiger partial charge in [0, 0.05) is 24.7 Å². The highest BCUT2D eigenvalue weighted by Crippen LogP contribution is 2.05. The second kappa shape index (κ2) is 5.35. The molecule has 7 heteroatoms. The molecule has 17 heavy (non-hydrogen) atoms. The van der Waals surface area contributed by atoms with Gasteiger partial charge >= 0.3 is 0 Å². The lowest BCUT2D eigenvalue weighted by molar-refractivity contribution is 0.410. The van der Waals surface area contributed by atoms with E-state index in [1.54, 1.807) is 6.20 Å². The third-order valence-corrected chi connectivity index (χ3v) is 2.35. The van der Waals surface area contributed by atoms with Gasteiger partial charge in [0.1, 0.15) is 10.8 Å². The Labute approximate surface area is 103 Å². The molecule has 0 bridgehead atoms. The van der Waals surface area contributed by atoms with E-state index in [0.29, 0.717) is 23.8 Å². The smallest absolute Gasteiger partial charge is 0.213 e. The van der Waals surface area contributed by atoms with Crippen LogP contribution in [0.4, 0.5) is 5.82 Å². The van der Waals surface area contributed by atoms with Crippen LogP contribution in [0.15, 0.2) is 29.2 Å². The van der Waals surface area contributed by atoms with Gasteiger partial charge in [-0.05, 0) is 12.1 Å². The van der Waals surface area contributed by atoms with Gasteiger partial charge in [-0.3, -0.25) is 0 Å². The van der Waals surface area contributed by atoms with Crippen LogP contribution in [0.2, 0.25) is 0 Å². The van der Waals surface area contributed by atoms with Crippen molar-refractivity contribution in [3.05, 3.63) is 36.1 Å². The molecule has 0 aliphatic heterocycles. The van der Waals surface area contributed by atoms with Crippen LogP contribution in [0, 0.1) is 0 Å². The van der Waals surface area contributed by atoms with Crippen LogP contribution in [-0.2, 0) is 6.42 Å². The molecule has 2 aromatic rings. The highest BCUT2D eigenvalue weighted by atomic mass is 32.1. The molecule has 6 nitrogen and oxygen atoms in total. The molecular weight excluding hydrogens is 238 g/mol. The van der Waals surface area contributed by atoms with Gasteiger partial charge in [-0.15, -0.1) is 0 Å². The normalized spacial score (nSPS) is 10.1. The molecule has 2 rings (SSSR count). The molecule has 0 radical (unpaired) electrons. The molecule has 0 unspecified atom stereocenters. The molecule has 0 aromatic carbocycles. The Morgan fingerprint density at radius 1 is 1.41 bits per heavy atom. The molecule has 0 spiro atoms. The minimum Gasteiger partial charge on any atom is -0.389 e. The highest BCUT2D eigenvalue weighted by Gasteiger charge is 2.00. The molecule has 0 saturated heterocycles. The lowest BCUT2D eigenvalue weighted by atomic mass is 10.3. The Hall–Kier alpha value is -2.02. The number of hydrogen-bond donors (Lipinski definition) is 2. The Morgan fingerprint density at radius 2 is 2.29 bits per heavy atom. The van der Waals surface area contributed by atoms with Gasteiger partial charge in [0.15, 0.2) is 5.82 Å². The maximum absolute atomic E-state index is 5.47. The molecule has 0 atom stereocenters. The van der Waals surface area contributed by atoms with Crippen LogP contribution < -0.4 is 11.1 Å². The van der Waals surface area contributed by atoms with Gasteiger partial charge in [0.2, 0.25) is 6.39 Å². The summed E-state index contributed by atoms with van der Waals surface area (Å²) in [6.07, 6.45) is 3.62. The van der Waals surface area contributed by atoms with E-state index in [9.17, 15) is 0 Å². The molecule has 3 N–H and O–H groups in total. The van der Waals surface area contributed by atoms with Crippen LogP contribution >= 0.6 is 12.2 Å². The zero-order valence-electron chi connectivity index (χ0n) is 8.96. The summed E-state index contributed by atoms with van der Waals surface area (Å²) in [5.41, 5.74) is 6.23. The lowest BCUT2D eigenvalue weighted by Gasteiger charge is -2.04. The van der Waals surface area contributed by atoms with E-state index in [1.807, 2.05) is 12.1 Å². The summed E-state index contributed by atoms with van der Waals surface area (Å²) >= 11 is 4.84. The standard InChI is InChI=1S/C10H11N5OS/c11-10(17)7-1-2-8(13-5-7)12-4-3-9-14-6-16-15-9/h1-2,5-6H,3-4H2,(H2,11,17)(H,12,13). The van der Waals surface area contributed by atoms with Crippen LogP contribution in [0.1, 0.15) is 11.4 Å². The fourth-order valence-electron chi connectivity index (χ4n) is 1.25. The summed E-state index contributed by atoms with van der Waals surface area (Å²) in [6, 6.07) is 3.65. The Kier molecular flexibility index (Phi) is 3.61. The van der Waals surface area contributed by atoms with E-state index in [4.69, 9.17) is 18.0 Å². The Balaban J connectivity index is 1.85. The maximum Gasteiger partial charge on any atom is 0.213 e. The number of rotatable bonds is 5. The number of nitrogens with zero attached hydrogens (tertiary/aromatic N) is 3. The van der Waals surface area contributed by atoms with E-state index in [1.165, 1.54) is 6.39 Å². The van der Waals surface area contributed by atoms with Crippen molar-refractivity contribution in [3.63, 3.8) is 0 Å². The van der Waals surface area contributed by atoms with E-state index in [2.05, 4.69) is 25.0 Å². The molecule has 2 heterocycles. The minimum absolute atomic E-state index is 0.343. The number of pyridine rings is 1. The third kappa shape index (κ3) is 3.22. The molecule has 2 aromatic heterocycles. The van der Waals surface area contributed by atoms with Crippen LogP contribution in [0.5, 0.6) is 0 Å². The summed E-state index contributed by atoms with van der Waals surface area (Å²) in [5, 5.41) is 6.84. The van der Waals surface area contributed by atoms with Crippen molar-refractivity contribution in [2.45, 2.75) is 6.42 Å². The van der Waals surface area contributed by atoms with Gasteiger partial charge < -0.3 is 15.6 Å². The Morgan fingerprint density at radius 3 is 2.88 bits per heavy atom. The molecule has 0 saturated carbocycles. The number of thiocarbonyl (C=S) groups is 1.